The summed E-state index contributed by atoms with van der Waals surface area (Å²) in [5.41, 5.74) is 2.38. The Morgan fingerprint density at radius 3 is 2.15 bits per heavy atom. The minimum Gasteiger partial charge on any atom is -0.497 e. The second-order valence-corrected chi connectivity index (χ2v) is 8.01. The van der Waals surface area contributed by atoms with Crippen LogP contribution in [-0.2, 0) is 11.2 Å². The summed E-state index contributed by atoms with van der Waals surface area (Å²) in [5, 5.41) is 10.3. The summed E-state index contributed by atoms with van der Waals surface area (Å²) in [6.45, 7) is 1.77. The third kappa shape index (κ3) is 4.51. The van der Waals surface area contributed by atoms with Crippen LogP contribution in [0.2, 0.25) is 5.02 Å². The van der Waals surface area contributed by atoms with Gasteiger partial charge < -0.3 is 14.6 Å². The van der Waals surface area contributed by atoms with Gasteiger partial charge in [-0.1, -0.05) is 11.6 Å². The van der Waals surface area contributed by atoms with Gasteiger partial charge in [-0.3, -0.25) is 14.2 Å². The lowest BCUT2D eigenvalue weighted by atomic mass is 10.1. The molecule has 0 unspecified atom stereocenters. The zero-order valence-corrected chi connectivity index (χ0v) is 19.1. The molecule has 4 rings (SSSR count). The molecule has 172 valence electrons. The minimum absolute atomic E-state index is 0.0871. The van der Waals surface area contributed by atoms with Crippen LogP contribution in [0.1, 0.15) is 32.0 Å². The van der Waals surface area contributed by atoms with Crippen molar-refractivity contribution >= 4 is 40.3 Å². The summed E-state index contributed by atoms with van der Waals surface area (Å²) in [5.74, 6) is -1.07. The Kier molecular flexibility index (Phi) is 6.38. The fourth-order valence-electron chi connectivity index (χ4n) is 3.77. The van der Waals surface area contributed by atoms with Gasteiger partial charge in [0.2, 0.25) is 0 Å². The van der Waals surface area contributed by atoms with Crippen molar-refractivity contribution < 1.29 is 29.0 Å². The molecule has 0 spiro atoms. The first-order chi connectivity index (χ1) is 16.3. The van der Waals surface area contributed by atoms with Gasteiger partial charge in [0, 0.05) is 27.7 Å². The predicted molar refractivity (Wildman–Crippen MR) is 127 cm³/mol. The van der Waals surface area contributed by atoms with Crippen LogP contribution in [0.3, 0.4) is 0 Å². The standard InChI is InChI=1S/C26H20ClNO6/c1-15-22(14-24(29)34-19-9-5-17(6-10-19)26(31)32)21-12-11-20(33-2)13-23(21)28(15)25(30)16-3-7-18(27)8-4-16/h3-13H,14H2,1-2H3,(H,31,32). The number of benzene rings is 3. The number of rotatable bonds is 6. The van der Waals surface area contributed by atoms with Crippen LogP contribution in [-0.4, -0.2) is 34.6 Å². The van der Waals surface area contributed by atoms with Crippen molar-refractivity contribution in [2.45, 2.75) is 13.3 Å². The molecule has 0 aliphatic carbocycles. The van der Waals surface area contributed by atoms with E-state index in [1.54, 1.807) is 54.0 Å². The maximum absolute atomic E-state index is 13.4. The molecule has 0 radical (unpaired) electrons. The number of fused-ring (bicyclic) bond motifs is 1. The smallest absolute Gasteiger partial charge is 0.335 e. The van der Waals surface area contributed by atoms with E-state index in [-0.39, 0.29) is 23.6 Å². The number of esters is 1. The monoisotopic (exact) mass is 477 g/mol. The lowest BCUT2D eigenvalue weighted by Crippen LogP contribution is -2.15. The number of carbonyl (C=O) groups excluding carboxylic acids is 2. The molecular weight excluding hydrogens is 458 g/mol. The Bertz CT molecular complexity index is 1400. The van der Waals surface area contributed by atoms with Crippen LogP contribution in [0.5, 0.6) is 11.5 Å². The van der Waals surface area contributed by atoms with Gasteiger partial charge in [0.1, 0.15) is 11.5 Å². The minimum atomic E-state index is -1.07. The predicted octanol–water partition coefficient (Wildman–Crippen LogP) is 5.15. The molecule has 3 aromatic carbocycles. The van der Waals surface area contributed by atoms with Gasteiger partial charge in [-0.05, 0) is 73.2 Å². The number of halogens is 1. The normalized spacial score (nSPS) is 10.8. The van der Waals surface area contributed by atoms with E-state index < -0.39 is 11.9 Å². The zero-order valence-electron chi connectivity index (χ0n) is 18.4. The lowest BCUT2D eigenvalue weighted by Gasteiger charge is -2.09. The number of aromatic carboxylic acids is 1. The molecular formula is C26H20ClNO6. The summed E-state index contributed by atoms with van der Waals surface area (Å²) >= 11 is 5.97. The first kappa shape index (κ1) is 23.1. The van der Waals surface area contributed by atoms with Crippen LogP contribution < -0.4 is 9.47 Å². The van der Waals surface area contributed by atoms with E-state index in [9.17, 15) is 14.4 Å². The third-order valence-electron chi connectivity index (χ3n) is 5.49. The molecule has 0 saturated heterocycles. The average Bonchev–Trinajstić information content (AvgIpc) is 3.09. The molecule has 0 saturated carbocycles. The molecule has 0 amide bonds. The number of aromatic nitrogens is 1. The SMILES string of the molecule is COc1ccc2c(CC(=O)Oc3ccc(C(=O)O)cc3)c(C)n(C(=O)c3ccc(Cl)cc3)c2c1. The Labute approximate surface area is 200 Å². The first-order valence-corrected chi connectivity index (χ1v) is 10.7. The molecule has 0 atom stereocenters. The summed E-state index contributed by atoms with van der Waals surface area (Å²) in [7, 11) is 1.54. The van der Waals surface area contributed by atoms with E-state index in [4.69, 9.17) is 26.2 Å². The van der Waals surface area contributed by atoms with Crippen molar-refractivity contribution in [1.29, 1.82) is 0 Å². The molecule has 0 aliphatic rings. The highest BCUT2D eigenvalue weighted by molar-refractivity contribution is 6.30. The van der Waals surface area contributed by atoms with Gasteiger partial charge in [-0.15, -0.1) is 0 Å². The lowest BCUT2D eigenvalue weighted by molar-refractivity contribution is -0.133. The van der Waals surface area contributed by atoms with Gasteiger partial charge in [0.25, 0.3) is 5.91 Å². The molecule has 1 N–H and O–H groups in total. The van der Waals surface area contributed by atoms with Crippen molar-refractivity contribution in [1.82, 2.24) is 4.57 Å². The molecule has 8 heteroatoms. The largest absolute Gasteiger partial charge is 0.497 e. The van der Waals surface area contributed by atoms with Crippen LogP contribution in [0.25, 0.3) is 10.9 Å². The van der Waals surface area contributed by atoms with E-state index >= 15 is 0 Å². The Morgan fingerprint density at radius 2 is 1.53 bits per heavy atom. The number of ether oxygens (including phenoxy) is 2. The third-order valence-corrected chi connectivity index (χ3v) is 5.74. The average molecular weight is 478 g/mol. The van der Waals surface area contributed by atoms with Gasteiger partial charge in [0.15, 0.2) is 0 Å². The highest BCUT2D eigenvalue weighted by atomic mass is 35.5. The van der Waals surface area contributed by atoms with E-state index in [0.29, 0.717) is 33.1 Å². The second-order valence-electron chi connectivity index (χ2n) is 7.57. The zero-order chi connectivity index (χ0) is 24.4. The van der Waals surface area contributed by atoms with Gasteiger partial charge in [-0.2, -0.15) is 0 Å². The Morgan fingerprint density at radius 1 is 0.912 bits per heavy atom. The Hall–Kier alpha value is -4.10. The topological polar surface area (TPSA) is 94.8 Å². The number of hydrogen-bond donors (Lipinski definition) is 1. The van der Waals surface area contributed by atoms with E-state index in [1.165, 1.54) is 31.4 Å². The first-order valence-electron chi connectivity index (χ1n) is 10.3. The molecule has 0 bridgehead atoms. The van der Waals surface area contributed by atoms with Crippen molar-refractivity contribution in [3.63, 3.8) is 0 Å². The van der Waals surface area contributed by atoms with Crippen molar-refractivity contribution in [2.75, 3.05) is 7.11 Å². The van der Waals surface area contributed by atoms with E-state index in [2.05, 4.69) is 0 Å². The fourth-order valence-corrected chi connectivity index (χ4v) is 3.90. The Balaban J connectivity index is 1.70. The molecule has 0 fully saturated rings. The number of nitrogens with zero attached hydrogens (tertiary/aromatic N) is 1. The molecule has 1 aromatic heterocycles. The maximum atomic E-state index is 13.4. The number of carbonyl (C=O) groups is 3. The van der Waals surface area contributed by atoms with Crippen molar-refractivity contribution in [2.24, 2.45) is 0 Å². The van der Waals surface area contributed by atoms with Crippen LogP contribution in [0, 0.1) is 6.92 Å². The van der Waals surface area contributed by atoms with Crippen LogP contribution in [0.4, 0.5) is 0 Å². The number of methoxy groups -OCH3 is 1. The summed E-state index contributed by atoms with van der Waals surface area (Å²) in [6, 6.07) is 17.5. The van der Waals surface area contributed by atoms with Gasteiger partial charge in [-0.25, -0.2) is 4.79 Å². The second kappa shape index (κ2) is 9.41. The highest BCUT2D eigenvalue weighted by Gasteiger charge is 2.22. The van der Waals surface area contributed by atoms with Gasteiger partial charge >= 0.3 is 11.9 Å². The quantitative estimate of drug-likeness (QED) is 0.305. The summed E-state index contributed by atoms with van der Waals surface area (Å²) < 4.78 is 12.3. The highest BCUT2D eigenvalue weighted by Crippen LogP contribution is 2.31. The van der Waals surface area contributed by atoms with E-state index in [1.807, 2.05) is 0 Å². The maximum Gasteiger partial charge on any atom is 0.335 e. The van der Waals surface area contributed by atoms with Crippen LogP contribution in [0.15, 0.2) is 66.7 Å². The molecule has 1 heterocycles. The number of hydrogen-bond acceptors (Lipinski definition) is 5. The number of carboxylic acids is 1. The summed E-state index contributed by atoms with van der Waals surface area (Å²) in [4.78, 5) is 37.1. The van der Waals surface area contributed by atoms with E-state index in [0.717, 1.165) is 5.39 Å². The molecule has 4 aromatic rings. The van der Waals surface area contributed by atoms with Crippen molar-refractivity contribution in [3.05, 3.63) is 94.1 Å². The molecule has 34 heavy (non-hydrogen) atoms. The summed E-state index contributed by atoms with van der Waals surface area (Å²) in [6.07, 6.45) is -0.0871. The van der Waals surface area contributed by atoms with Crippen molar-refractivity contribution in [3.8, 4) is 11.5 Å². The molecule has 7 nitrogen and oxygen atoms in total. The van der Waals surface area contributed by atoms with Crippen LogP contribution >= 0.6 is 11.6 Å². The van der Waals surface area contributed by atoms with Gasteiger partial charge in [0.05, 0.1) is 24.6 Å². The molecule has 0 aliphatic heterocycles. The fraction of sp³-hybridized carbons (Fsp3) is 0.115. The number of carboxylic acid groups (broad SMARTS) is 1.